The predicted octanol–water partition coefficient (Wildman–Crippen LogP) is 1.21. The molecule has 70 valence electrons. The molecule has 3 nitrogen and oxygen atoms in total. The number of carbonyl (C=O) groups excluding carboxylic acids is 2. The largest absolute Gasteiger partial charge is 0.334 e. The van der Waals surface area contributed by atoms with Crippen LogP contribution < -0.4 is 0 Å². The molecule has 0 unspecified atom stereocenters. The third-order valence-corrected chi connectivity index (χ3v) is 2.83. The van der Waals surface area contributed by atoms with E-state index in [1.165, 1.54) is 4.90 Å². The van der Waals surface area contributed by atoms with Gasteiger partial charge in [0.2, 0.25) is 6.29 Å². The highest BCUT2D eigenvalue weighted by atomic mass is 32.1. The Hall–Kier alpha value is -1.16. The zero-order valence-electron chi connectivity index (χ0n) is 7.61. The number of nitrogens with zero attached hydrogens (tertiary/aromatic N) is 1. The van der Waals surface area contributed by atoms with Gasteiger partial charge in [-0.25, -0.2) is 0 Å². The second kappa shape index (κ2) is 4.18. The third kappa shape index (κ3) is 2.39. The minimum absolute atomic E-state index is 0.336. The van der Waals surface area contributed by atoms with Gasteiger partial charge in [-0.1, -0.05) is 0 Å². The maximum atomic E-state index is 10.9. The average Bonchev–Trinajstić information content (AvgIpc) is 2.50. The molecule has 0 saturated heterocycles. The number of hydrogen-bond donors (Lipinski definition) is 0. The van der Waals surface area contributed by atoms with Gasteiger partial charge in [-0.2, -0.15) is 0 Å². The third-order valence-electron chi connectivity index (χ3n) is 1.83. The van der Waals surface area contributed by atoms with E-state index < -0.39 is 5.91 Å². The Morgan fingerprint density at radius 1 is 1.69 bits per heavy atom. The average molecular weight is 197 g/mol. The molecule has 0 aliphatic carbocycles. The van der Waals surface area contributed by atoms with Crippen molar-refractivity contribution in [2.75, 3.05) is 7.05 Å². The molecule has 0 fully saturated rings. The number of aldehydes is 1. The van der Waals surface area contributed by atoms with E-state index in [1.807, 2.05) is 18.4 Å². The minimum atomic E-state index is -0.479. The fourth-order valence-corrected chi connectivity index (χ4v) is 1.91. The summed E-state index contributed by atoms with van der Waals surface area (Å²) < 4.78 is 0. The maximum Gasteiger partial charge on any atom is 0.286 e. The van der Waals surface area contributed by atoms with E-state index in [1.54, 1.807) is 18.4 Å². The van der Waals surface area contributed by atoms with Crippen LogP contribution in [0.1, 0.15) is 10.4 Å². The molecule has 0 atom stereocenters. The zero-order valence-corrected chi connectivity index (χ0v) is 8.43. The summed E-state index contributed by atoms with van der Waals surface area (Å²) in [5.74, 6) is -0.479. The monoisotopic (exact) mass is 197 g/mol. The van der Waals surface area contributed by atoms with Crippen molar-refractivity contribution in [2.45, 2.75) is 13.5 Å². The van der Waals surface area contributed by atoms with Crippen molar-refractivity contribution in [2.24, 2.45) is 0 Å². The Morgan fingerprint density at radius 2 is 2.38 bits per heavy atom. The molecular formula is C9H11NO2S. The summed E-state index contributed by atoms with van der Waals surface area (Å²) in [5, 5.41) is 1.98. The minimum Gasteiger partial charge on any atom is -0.334 e. The van der Waals surface area contributed by atoms with Crippen LogP contribution in [-0.2, 0) is 16.1 Å². The first-order valence-electron chi connectivity index (χ1n) is 3.88. The van der Waals surface area contributed by atoms with Crippen molar-refractivity contribution in [3.8, 4) is 0 Å². The van der Waals surface area contributed by atoms with Crippen molar-refractivity contribution in [3.05, 3.63) is 21.9 Å². The summed E-state index contributed by atoms with van der Waals surface area (Å²) in [6, 6.07) is 2.00. The summed E-state index contributed by atoms with van der Waals surface area (Å²) in [7, 11) is 1.62. The first kappa shape index (κ1) is 9.92. The standard InChI is InChI=1S/C9H11NO2S/c1-7-3-4-13-8(7)5-10(2)9(12)6-11/h3-4,6H,5H2,1-2H3. The van der Waals surface area contributed by atoms with Gasteiger partial charge >= 0.3 is 0 Å². The van der Waals surface area contributed by atoms with Crippen molar-refractivity contribution < 1.29 is 9.59 Å². The van der Waals surface area contributed by atoms with Gasteiger partial charge in [0.05, 0.1) is 6.54 Å². The fraction of sp³-hybridized carbons (Fsp3) is 0.333. The van der Waals surface area contributed by atoms with Gasteiger partial charge in [-0.05, 0) is 23.9 Å². The van der Waals surface area contributed by atoms with Crippen LogP contribution in [0.3, 0.4) is 0 Å². The van der Waals surface area contributed by atoms with E-state index in [0.717, 1.165) is 10.4 Å². The van der Waals surface area contributed by atoms with Crippen molar-refractivity contribution >= 4 is 23.5 Å². The van der Waals surface area contributed by atoms with Gasteiger partial charge in [-0.3, -0.25) is 9.59 Å². The Morgan fingerprint density at radius 3 is 2.85 bits per heavy atom. The van der Waals surface area contributed by atoms with Crippen LogP contribution >= 0.6 is 11.3 Å². The lowest BCUT2D eigenvalue weighted by Crippen LogP contribution is -2.26. The Labute approximate surface area is 81.0 Å². The zero-order chi connectivity index (χ0) is 9.84. The topological polar surface area (TPSA) is 37.4 Å². The molecule has 0 bridgehead atoms. The molecule has 0 aromatic carbocycles. The molecule has 1 rings (SSSR count). The molecule has 1 heterocycles. The number of likely N-dealkylation sites (N-methyl/N-ethyl adjacent to an activating group) is 1. The first-order valence-corrected chi connectivity index (χ1v) is 4.76. The quantitative estimate of drug-likeness (QED) is 0.539. The predicted molar refractivity (Wildman–Crippen MR) is 51.6 cm³/mol. The van der Waals surface area contributed by atoms with Crippen LogP contribution in [0.5, 0.6) is 0 Å². The van der Waals surface area contributed by atoms with E-state index in [2.05, 4.69) is 0 Å². The number of amides is 1. The lowest BCUT2D eigenvalue weighted by atomic mass is 10.3. The lowest BCUT2D eigenvalue weighted by molar-refractivity contribution is -0.138. The van der Waals surface area contributed by atoms with Crippen molar-refractivity contribution in [1.29, 1.82) is 0 Å². The fourth-order valence-electron chi connectivity index (χ4n) is 0.949. The molecule has 0 N–H and O–H groups in total. The molecular weight excluding hydrogens is 186 g/mol. The summed E-state index contributed by atoms with van der Waals surface area (Å²) >= 11 is 1.60. The number of carbonyl (C=O) groups is 2. The van der Waals surface area contributed by atoms with Crippen molar-refractivity contribution in [3.63, 3.8) is 0 Å². The highest BCUT2D eigenvalue weighted by molar-refractivity contribution is 7.10. The molecule has 4 heteroatoms. The number of hydrogen-bond acceptors (Lipinski definition) is 3. The summed E-state index contributed by atoms with van der Waals surface area (Å²) in [4.78, 5) is 23.6. The molecule has 0 aliphatic heterocycles. The second-order valence-electron chi connectivity index (χ2n) is 2.84. The maximum absolute atomic E-state index is 10.9. The van der Waals surface area contributed by atoms with E-state index in [9.17, 15) is 9.59 Å². The SMILES string of the molecule is Cc1ccsc1CN(C)C(=O)C=O. The van der Waals surface area contributed by atoms with E-state index in [4.69, 9.17) is 0 Å². The highest BCUT2D eigenvalue weighted by Gasteiger charge is 2.09. The summed E-state index contributed by atoms with van der Waals surface area (Å²) in [5.41, 5.74) is 1.16. The van der Waals surface area contributed by atoms with Crippen LogP contribution in [-0.4, -0.2) is 24.1 Å². The molecule has 0 radical (unpaired) electrons. The highest BCUT2D eigenvalue weighted by Crippen LogP contribution is 2.16. The molecule has 13 heavy (non-hydrogen) atoms. The van der Waals surface area contributed by atoms with Crippen molar-refractivity contribution in [1.82, 2.24) is 4.90 Å². The molecule has 1 aromatic rings. The van der Waals surface area contributed by atoms with E-state index in [-0.39, 0.29) is 0 Å². The van der Waals surface area contributed by atoms with Gasteiger partial charge < -0.3 is 4.90 Å². The Bertz CT molecular complexity index is 319. The molecule has 1 amide bonds. The first-order chi connectivity index (χ1) is 6.15. The number of thiophene rings is 1. The van der Waals surface area contributed by atoms with Crippen LogP contribution in [0.2, 0.25) is 0 Å². The van der Waals surface area contributed by atoms with Crippen LogP contribution in [0.25, 0.3) is 0 Å². The molecule has 0 spiro atoms. The van der Waals surface area contributed by atoms with Crippen LogP contribution in [0.15, 0.2) is 11.4 Å². The van der Waals surface area contributed by atoms with Crippen LogP contribution in [0.4, 0.5) is 0 Å². The number of aryl methyl sites for hydroxylation is 1. The Kier molecular flexibility index (Phi) is 3.19. The van der Waals surface area contributed by atoms with E-state index in [0.29, 0.717) is 12.8 Å². The van der Waals surface area contributed by atoms with Gasteiger partial charge in [0, 0.05) is 11.9 Å². The smallest absolute Gasteiger partial charge is 0.286 e. The Balaban J connectivity index is 2.64. The summed E-state index contributed by atoms with van der Waals surface area (Å²) in [6.45, 7) is 2.51. The van der Waals surface area contributed by atoms with E-state index >= 15 is 0 Å². The molecule has 0 saturated carbocycles. The summed E-state index contributed by atoms with van der Waals surface area (Å²) in [6.07, 6.45) is 0.336. The van der Waals surface area contributed by atoms with Gasteiger partial charge in [0.25, 0.3) is 5.91 Å². The van der Waals surface area contributed by atoms with Gasteiger partial charge in [0.1, 0.15) is 0 Å². The van der Waals surface area contributed by atoms with Gasteiger partial charge in [0.15, 0.2) is 0 Å². The normalized spacial score (nSPS) is 9.69. The van der Waals surface area contributed by atoms with Crippen LogP contribution in [0, 0.1) is 6.92 Å². The molecule has 1 aromatic heterocycles. The number of rotatable bonds is 3. The second-order valence-corrected chi connectivity index (χ2v) is 3.84. The molecule has 0 aliphatic rings. The lowest BCUT2D eigenvalue weighted by Gasteiger charge is -2.12. The van der Waals surface area contributed by atoms with Gasteiger partial charge in [-0.15, -0.1) is 11.3 Å².